The second-order valence-corrected chi connectivity index (χ2v) is 3.79. The molecule has 1 aromatic heterocycles. The Bertz CT molecular complexity index is 349. The lowest BCUT2D eigenvalue weighted by Gasteiger charge is -2.10. The molecule has 0 fully saturated rings. The third-order valence-corrected chi connectivity index (χ3v) is 2.85. The molecule has 0 saturated heterocycles. The molecule has 0 aliphatic heterocycles. The number of hydrogen-bond donors (Lipinski definition) is 1. The fraction of sp³-hybridized carbons (Fsp3) is 0.600. The van der Waals surface area contributed by atoms with Gasteiger partial charge in [-0.25, -0.2) is 0 Å². The molecule has 78 valence electrons. The number of aryl methyl sites for hydroxylation is 1. The van der Waals surface area contributed by atoms with E-state index in [9.17, 15) is 13.2 Å². The van der Waals surface area contributed by atoms with Gasteiger partial charge in [-0.1, -0.05) is 0 Å². The van der Waals surface area contributed by atoms with Crippen LogP contribution < -0.4 is 0 Å². The minimum atomic E-state index is -4.23. The fourth-order valence-corrected chi connectivity index (χ4v) is 2.14. The SMILES string of the molecule is Cc1c(C(F)(F)F)[nH]c2c1CCCC2. The molecule has 0 radical (unpaired) electrons. The highest BCUT2D eigenvalue weighted by Gasteiger charge is 2.36. The van der Waals surface area contributed by atoms with Crippen molar-refractivity contribution in [3.8, 4) is 0 Å². The second kappa shape index (κ2) is 3.04. The second-order valence-electron chi connectivity index (χ2n) is 3.79. The summed E-state index contributed by atoms with van der Waals surface area (Å²) in [5.74, 6) is 0. The molecule has 1 aromatic rings. The molecule has 1 aliphatic rings. The van der Waals surface area contributed by atoms with E-state index in [1.165, 1.54) is 0 Å². The van der Waals surface area contributed by atoms with Crippen LogP contribution in [0.4, 0.5) is 13.2 Å². The van der Waals surface area contributed by atoms with Crippen molar-refractivity contribution in [2.75, 3.05) is 0 Å². The molecule has 0 unspecified atom stereocenters. The van der Waals surface area contributed by atoms with Crippen LogP contribution in [0, 0.1) is 6.92 Å². The Morgan fingerprint density at radius 2 is 1.79 bits per heavy atom. The van der Waals surface area contributed by atoms with E-state index in [-0.39, 0.29) is 0 Å². The molecule has 1 heterocycles. The van der Waals surface area contributed by atoms with Crippen molar-refractivity contribution in [2.45, 2.75) is 38.8 Å². The summed E-state index contributed by atoms with van der Waals surface area (Å²) >= 11 is 0. The first kappa shape index (κ1) is 9.62. The number of aromatic nitrogens is 1. The topological polar surface area (TPSA) is 15.8 Å². The maximum absolute atomic E-state index is 12.5. The van der Waals surface area contributed by atoms with Crippen LogP contribution in [-0.4, -0.2) is 4.98 Å². The summed E-state index contributed by atoms with van der Waals surface area (Å²) in [4.78, 5) is 2.52. The van der Waals surface area contributed by atoms with Gasteiger partial charge in [-0.15, -0.1) is 0 Å². The van der Waals surface area contributed by atoms with Crippen molar-refractivity contribution in [3.63, 3.8) is 0 Å². The third-order valence-electron chi connectivity index (χ3n) is 2.85. The number of rotatable bonds is 0. The molecule has 0 spiro atoms. The van der Waals surface area contributed by atoms with Crippen LogP contribution in [0.3, 0.4) is 0 Å². The predicted molar refractivity (Wildman–Crippen MR) is 47.2 cm³/mol. The number of alkyl halides is 3. The van der Waals surface area contributed by atoms with Crippen LogP contribution in [0.25, 0.3) is 0 Å². The molecule has 1 aliphatic carbocycles. The summed E-state index contributed by atoms with van der Waals surface area (Å²) < 4.78 is 37.5. The zero-order valence-electron chi connectivity index (χ0n) is 7.96. The zero-order chi connectivity index (χ0) is 10.3. The van der Waals surface area contributed by atoms with E-state index in [0.29, 0.717) is 5.56 Å². The van der Waals surface area contributed by atoms with Gasteiger partial charge in [0.15, 0.2) is 0 Å². The largest absolute Gasteiger partial charge is 0.431 e. The maximum atomic E-state index is 12.5. The van der Waals surface area contributed by atoms with Crippen LogP contribution in [-0.2, 0) is 19.0 Å². The van der Waals surface area contributed by atoms with Crippen molar-refractivity contribution in [1.29, 1.82) is 0 Å². The smallest absolute Gasteiger partial charge is 0.354 e. The fourth-order valence-electron chi connectivity index (χ4n) is 2.14. The van der Waals surface area contributed by atoms with E-state index < -0.39 is 11.9 Å². The van der Waals surface area contributed by atoms with E-state index in [1.54, 1.807) is 6.92 Å². The summed E-state index contributed by atoms with van der Waals surface area (Å²) in [6.45, 7) is 1.56. The van der Waals surface area contributed by atoms with Crippen LogP contribution in [0.1, 0.15) is 35.4 Å². The van der Waals surface area contributed by atoms with Gasteiger partial charge in [-0.3, -0.25) is 0 Å². The Hall–Kier alpha value is -0.930. The Kier molecular flexibility index (Phi) is 2.09. The first-order valence-electron chi connectivity index (χ1n) is 4.77. The lowest BCUT2D eigenvalue weighted by atomic mass is 9.95. The average molecular weight is 203 g/mol. The lowest BCUT2D eigenvalue weighted by Crippen LogP contribution is -2.07. The summed E-state index contributed by atoms with van der Waals surface area (Å²) in [5, 5.41) is 0. The van der Waals surface area contributed by atoms with Gasteiger partial charge in [0.05, 0.1) is 0 Å². The molecular weight excluding hydrogens is 191 g/mol. The van der Waals surface area contributed by atoms with Crippen LogP contribution in [0.15, 0.2) is 0 Å². The number of halogens is 3. The van der Waals surface area contributed by atoms with Gasteiger partial charge in [0.1, 0.15) is 5.69 Å². The first-order valence-corrected chi connectivity index (χ1v) is 4.77. The summed E-state index contributed by atoms with van der Waals surface area (Å²) in [7, 11) is 0. The molecule has 0 amide bonds. The Morgan fingerprint density at radius 1 is 1.14 bits per heavy atom. The maximum Gasteiger partial charge on any atom is 0.431 e. The van der Waals surface area contributed by atoms with Crippen molar-refractivity contribution >= 4 is 0 Å². The number of nitrogens with one attached hydrogen (secondary N) is 1. The van der Waals surface area contributed by atoms with Crippen LogP contribution >= 0.6 is 0 Å². The Balaban J connectivity index is 2.49. The number of fused-ring (bicyclic) bond motifs is 1. The highest BCUT2D eigenvalue weighted by molar-refractivity contribution is 5.38. The highest BCUT2D eigenvalue weighted by atomic mass is 19.4. The molecule has 14 heavy (non-hydrogen) atoms. The van der Waals surface area contributed by atoms with Gasteiger partial charge in [0.2, 0.25) is 0 Å². The van der Waals surface area contributed by atoms with Crippen LogP contribution in [0.2, 0.25) is 0 Å². The van der Waals surface area contributed by atoms with E-state index in [1.807, 2.05) is 0 Å². The molecule has 1 nitrogen and oxygen atoms in total. The number of aromatic amines is 1. The third kappa shape index (κ3) is 1.42. The molecule has 2 rings (SSSR count). The van der Waals surface area contributed by atoms with Gasteiger partial charge in [-0.2, -0.15) is 13.2 Å². The first-order chi connectivity index (χ1) is 6.50. The van der Waals surface area contributed by atoms with Gasteiger partial charge < -0.3 is 4.98 Å². The van der Waals surface area contributed by atoms with Crippen molar-refractivity contribution < 1.29 is 13.2 Å². The van der Waals surface area contributed by atoms with E-state index in [4.69, 9.17) is 0 Å². The van der Waals surface area contributed by atoms with Crippen LogP contribution in [0.5, 0.6) is 0 Å². The van der Waals surface area contributed by atoms with Crippen molar-refractivity contribution in [2.24, 2.45) is 0 Å². The molecule has 0 atom stereocenters. The quantitative estimate of drug-likeness (QED) is 0.666. The highest BCUT2D eigenvalue weighted by Crippen LogP contribution is 2.36. The van der Waals surface area contributed by atoms with Gasteiger partial charge >= 0.3 is 6.18 Å². The minimum absolute atomic E-state index is 0.396. The monoisotopic (exact) mass is 203 g/mol. The summed E-state index contributed by atoms with van der Waals surface area (Å²) in [5.41, 5.74) is 1.53. The normalized spacial score (nSPS) is 16.9. The molecule has 1 N–H and O–H groups in total. The molecule has 0 saturated carbocycles. The number of H-pyrrole nitrogens is 1. The molecular formula is C10H12F3N. The summed E-state index contributed by atoms with van der Waals surface area (Å²) in [6, 6.07) is 0. The van der Waals surface area contributed by atoms with Gasteiger partial charge in [0.25, 0.3) is 0 Å². The molecule has 0 aromatic carbocycles. The van der Waals surface area contributed by atoms with E-state index in [0.717, 1.165) is 36.9 Å². The number of hydrogen-bond acceptors (Lipinski definition) is 0. The van der Waals surface area contributed by atoms with Gasteiger partial charge in [0, 0.05) is 5.69 Å². The zero-order valence-corrected chi connectivity index (χ0v) is 7.96. The summed E-state index contributed by atoms with van der Waals surface area (Å²) in [6.07, 6.45) is -0.700. The van der Waals surface area contributed by atoms with Crippen molar-refractivity contribution in [1.82, 2.24) is 4.98 Å². The Morgan fingerprint density at radius 3 is 2.36 bits per heavy atom. The predicted octanol–water partition coefficient (Wildman–Crippen LogP) is 3.22. The lowest BCUT2D eigenvalue weighted by molar-refractivity contribution is -0.141. The minimum Gasteiger partial charge on any atom is -0.354 e. The van der Waals surface area contributed by atoms with Crippen molar-refractivity contribution in [3.05, 3.63) is 22.5 Å². The molecule has 4 heteroatoms. The standard InChI is InChI=1S/C10H12F3N/c1-6-7-4-2-3-5-8(7)14-9(6)10(11,12)13/h14H,2-5H2,1H3. The van der Waals surface area contributed by atoms with E-state index >= 15 is 0 Å². The van der Waals surface area contributed by atoms with Gasteiger partial charge in [-0.05, 0) is 43.7 Å². The molecule has 0 bridgehead atoms. The van der Waals surface area contributed by atoms with E-state index in [2.05, 4.69) is 4.98 Å². The Labute approximate surface area is 80.3 Å². The average Bonchev–Trinajstić information content (AvgIpc) is 2.44.